The molecule has 1 aliphatic heterocycles. The number of nitrogens with one attached hydrogen (secondary N) is 1. The number of hydrogen-bond acceptors (Lipinski definition) is 4. The molecule has 2 heterocycles. The summed E-state index contributed by atoms with van der Waals surface area (Å²) in [6.07, 6.45) is 6.32. The van der Waals surface area contributed by atoms with Gasteiger partial charge in [-0.25, -0.2) is 0 Å². The lowest BCUT2D eigenvalue weighted by Crippen LogP contribution is -2.40. The Bertz CT molecular complexity index is 1200. The molecule has 2 aromatic carbocycles. The number of halogens is 1. The highest BCUT2D eigenvalue weighted by Gasteiger charge is 2.30. The van der Waals surface area contributed by atoms with Crippen molar-refractivity contribution in [3.05, 3.63) is 70.9 Å². The molecule has 0 spiro atoms. The lowest BCUT2D eigenvalue weighted by molar-refractivity contribution is -0.137. The van der Waals surface area contributed by atoms with Gasteiger partial charge in [0, 0.05) is 47.3 Å². The van der Waals surface area contributed by atoms with Crippen molar-refractivity contribution in [1.29, 1.82) is 0 Å². The van der Waals surface area contributed by atoms with Crippen LogP contribution >= 0.6 is 11.6 Å². The Balaban J connectivity index is 1.21. The number of ether oxygens (including phenoxy) is 1. The maximum atomic E-state index is 13.0. The summed E-state index contributed by atoms with van der Waals surface area (Å²) in [5.74, 6) is 2.49. The van der Waals surface area contributed by atoms with Crippen LogP contribution in [0.4, 0.5) is 5.69 Å². The number of nitrogens with zero attached hydrogens (tertiary/aromatic N) is 1. The number of anilines is 1. The highest BCUT2D eigenvalue weighted by Crippen LogP contribution is 2.33. The Labute approximate surface area is 210 Å². The smallest absolute Gasteiger partial charge is 0.262 e. The van der Waals surface area contributed by atoms with Gasteiger partial charge in [-0.05, 0) is 55.3 Å². The van der Waals surface area contributed by atoms with Crippen molar-refractivity contribution < 1.29 is 18.7 Å². The predicted molar refractivity (Wildman–Crippen MR) is 135 cm³/mol. The van der Waals surface area contributed by atoms with Crippen LogP contribution in [0.15, 0.2) is 59.0 Å². The second-order valence-corrected chi connectivity index (χ2v) is 9.71. The molecule has 0 bridgehead atoms. The van der Waals surface area contributed by atoms with E-state index in [4.69, 9.17) is 20.8 Å². The number of furan rings is 1. The average molecular weight is 493 g/mol. The maximum Gasteiger partial charge on any atom is 0.262 e. The van der Waals surface area contributed by atoms with Crippen molar-refractivity contribution in [2.75, 3.05) is 18.5 Å². The van der Waals surface area contributed by atoms with Crippen LogP contribution in [0.25, 0.3) is 11.3 Å². The first-order valence-electron chi connectivity index (χ1n) is 12.2. The fourth-order valence-corrected chi connectivity index (χ4v) is 5.02. The number of carbonyl (C=O) groups excluding carboxylic acids is 2. The summed E-state index contributed by atoms with van der Waals surface area (Å²) < 4.78 is 11.7. The molecule has 182 valence electrons. The largest absolute Gasteiger partial charge is 0.484 e. The summed E-state index contributed by atoms with van der Waals surface area (Å²) in [6.45, 7) is 1.21. The van der Waals surface area contributed by atoms with E-state index in [0.717, 1.165) is 54.8 Å². The van der Waals surface area contributed by atoms with E-state index in [1.807, 2.05) is 35.2 Å². The van der Waals surface area contributed by atoms with Gasteiger partial charge in [-0.1, -0.05) is 43.0 Å². The Morgan fingerprint density at radius 1 is 1.06 bits per heavy atom. The van der Waals surface area contributed by atoms with Gasteiger partial charge in [-0.3, -0.25) is 9.59 Å². The van der Waals surface area contributed by atoms with Gasteiger partial charge in [0.15, 0.2) is 6.61 Å². The quantitative estimate of drug-likeness (QED) is 0.452. The molecule has 3 aromatic rings. The molecular weight excluding hydrogens is 464 g/mol. The normalized spacial score (nSPS) is 16.0. The molecule has 0 unspecified atom stereocenters. The molecule has 0 radical (unpaired) electrons. The number of benzene rings is 2. The Kier molecular flexibility index (Phi) is 7.09. The van der Waals surface area contributed by atoms with Gasteiger partial charge in [0.2, 0.25) is 5.91 Å². The van der Waals surface area contributed by atoms with Crippen LogP contribution < -0.4 is 10.1 Å². The minimum Gasteiger partial charge on any atom is -0.484 e. The van der Waals surface area contributed by atoms with Crippen molar-refractivity contribution >= 4 is 29.1 Å². The third-order valence-electron chi connectivity index (χ3n) is 6.75. The molecule has 0 saturated heterocycles. The second kappa shape index (κ2) is 10.6. The van der Waals surface area contributed by atoms with E-state index < -0.39 is 0 Å². The first kappa shape index (κ1) is 23.5. The lowest BCUT2D eigenvalue weighted by atomic mass is 9.88. The monoisotopic (exact) mass is 492 g/mol. The van der Waals surface area contributed by atoms with Crippen LogP contribution in [-0.2, 0) is 22.6 Å². The van der Waals surface area contributed by atoms with Crippen LogP contribution in [0.5, 0.6) is 5.75 Å². The lowest BCUT2D eigenvalue weighted by Gasteiger charge is -2.31. The standard InChI is InChI=1S/C28H29ClN2O4/c29-22-9-11-24(12-10-22)34-18-27(32)30-23-8-4-7-20(15-23)26-16-21-17-31(14-13-25(21)35-26)28(33)19-5-2-1-3-6-19/h4,7-12,15-16,19H,1-3,5-6,13-14,17-18H2,(H,30,32). The average Bonchev–Trinajstić information content (AvgIpc) is 3.32. The topological polar surface area (TPSA) is 71.8 Å². The highest BCUT2D eigenvalue weighted by molar-refractivity contribution is 6.30. The minimum atomic E-state index is -0.257. The van der Waals surface area contributed by atoms with E-state index in [1.54, 1.807) is 24.3 Å². The van der Waals surface area contributed by atoms with Gasteiger partial charge in [0.1, 0.15) is 17.3 Å². The molecular formula is C28H29ClN2O4. The number of carbonyl (C=O) groups is 2. The molecule has 2 aliphatic rings. The summed E-state index contributed by atoms with van der Waals surface area (Å²) in [6, 6.07) is 16.4. The second-order valence-electron chi connectivity index (χ2n) is 9.28. The van der Waals surface area contributed by atoms with Crippen LogP contribution in [0.2, 0.25) is 5.02 Å². The molecule has 6 nitrogen and oxygen atoms in total. The molecule has 1 N–H and O–H groups in total. The number of rotatable bonds is 6. The first-order valence-corrected chi connectivity index (χ1v) is 12.6. The maximum absolute atomic E-state index is 13.0. The predicted octanol–water partition coefficient (Wildman–Crippen LogP) is 6.08. The van der Waals surface area contributed by atoms with Crippen molar-refractivity contribution in [3.63, 3.8) is 0 Å². The third kappa shape index (κ3) is 5.70. The summed E-state index contributed by atoms with van der Waals surface area (Å²) in [5, 5.41) is 3.48. The summed E-state index contributed by atoms with van der Waals surface area (Å²) >= 11 is 5.87. The van der Waals surface area contributed by atoms with Gasteiger partial charge < -0.3 is 19.4 Å². The summed E-state index contributed by atoms with van der Waals surface area (Å²) in [5.41, 5.74) is 2.61. The van der Waals surface area contributed by atoms with Crippen molar-refractivity contribution in [2.24, 2.45) is 5.92 Å². The van der Waals surface area contributed by atoms with Crippen LogP contribution in [0.3, 0.4) is 0 Å². The van der Waals surface area contributed by atoms with Crippen LogP contribution in [0.1, 0.15) is 43.4 Å². The molecule has 5 rings (SSSR count). The third-order valence-corrected chi connectivity index (χ3v) is 7.00. The van der Waals surface area contributed by atoms with E-state index in [2.05, 4.69) is 5.32 Å². The molecule has 1 aromatic heterocycles. The Morgan fingerprint density at radius 2 is 1.86 bits per heavy atom. The van der Waals surface area contributed by atoms with E-state index in [1.165, 1.54) is 6.42 Å². The number of amides is 2. The number of fused-ring (bicyclic) bond motifs is 1. The van der Waals surface area contributed by atoms with Gasteiger partial charge >= 0.3 is 0 Å². The van der Waals surface area contributed by atoms with Crippen molar-refractivity contribution in [1.82, 2.24) is 4.90 Å². The van der Waals surface area contributed by atoms with Gasteiger partial charge in [-0.15, -0.1) is 0 Å². The Morgan fingerprint density at radius 3 is 2.66 bits per heavy atom. The molecule has 7 heteroatoms. The van der Waals surface area contributed by atoms with Gasteiger partial charge in [-0.2, -0.15) is 0 Å². The fraction of sp³-hybridized carbons (Fsp3) is 0.357. The highest BCUT2D eigenvalue weighted by atomic mass is 35.5. The SMILES string of the molecule is O=C(COc1ccc(Cl)cc1)Nc1cccc(-c2cc3c(o2)CCN(C(=O)C2CCCCC2)C3)c1. The molecule has 1 fully saturated rings. The van der Waals surface area contributed by atoms with Crippen molar-refractivity contribution in [3.8, 4) is 17.1 Å². The molecule has 2 amide bonds. The van der Waals surface area contributed by atoms with E-state index in [-0.39, 0.29) is 18.4 Å². The van der Waals surface area contributed by atoms with Gasteiger partial charge in [0.05, 0.1) is 0 Å². The minimum absolute atomic E-state index is 0.105. The molecule has 1 aliphatic carbocycles. The van der Waals surface area contributed by atoms with Crippen molar-refractivity contribution in [2.45, 2.75) is 45.1 Å². The molecule has 1 saturated carbocycles. The summed E-state index contributed by atoms with van der Waals surface area (Å²) in [4.78, 5) is 27.3. The van der Waals surface area contributed by atoms with Crippen LogP contribution in [0, 0.1) is 5.92 Å². The van der Waals surface area contributed by atoms with E-state index in [0.29, 0.717) is 35.5 Å². The zero-order chi connectivity index (χ0) is 24.2. The zero-order valence-electron chi connectivity index (χ0n) is 19.6. The number of hydrogen-bond donors (Lipinski definition) is 1. The first-order chi connectivity index (χ1) is 17.0. The van der Waals surface area contributed by atoms with E-state index >= 15 is 0 Å². The molecule has 35 heavy (non-hydrogen) atoms. The van der Waals surface area contributed by atoms with Gasteiger partial charge in [0.25, 0.3) is 5.91 Å². The zero-order valence-corrected chi connectivity index (χ0v) is 20.4. The summed E-state index contributed by atoms with van der Waals surface area (Å²) in [7, 11) is 0. The molecule has 0 atom stereocenters. The van der Waals surface area contributed by atoms with E-state index in [9.17, 15) is 9.59 Å². The van der Waals surface area contributed by atoms with Crippen LogP contribution in [-0.4, -0.2) is 29.9 Å². The Hall–Kier alpha value is -3.25. The fourth-order valence-electron chi connectivity index (χ4n) is 4.90.